The second-order valence-electron chi connectivity index (χ2n) is 7.77. The molecule has 0 spiro atoms. The van der Waals surface area contributed by atoms with Crippen molar-refractivity contribution in [2.45, 2.75) is 25.7 Å². The zero-order valence-electron chi connectivity index (χ0n) is 17.3. The maximum atomic E-state index is 13.0. The summed E-state index contributed by atoms with van der Waals surface area (Å²) in [5.41, 5.74) is 1.38. The van der Waals surface area contributed by atoms with Crippen LogP contribution in [-0.4, -0.2) is 31.4 Å². The van der Waals surface area contributed by atoms with Gasteiger partial charge in [0, 0.05) is 37.5 Å². The first-order valence-corrected chi connectivity index (χ1v) is 10.2. The Kier molecular flexibility index (Phi) is 5.29. The van der Waals surface area contributed by atoms with Gasteiger partial charge >= 0.3 is 6.18 Å². The number of aromatic amines is 1. The molecule has 0 saturated carbocycles. The van der Waals surface area contributed by atoms with Gasteiger partial charge in [0.1, 0.15) is 23.7 Å². The lowest BCUT2D eigenvalue weighted by atomic mass is 10.1. The van der Waals surface area contributed by atoms with E-state index in [2.05, 4.69) is 19.9 Å². The first-order chi connectivity index (χ1) is 15.9. The maximum absolute atomic E-state index is 13.0. The summed E-state index contributed by atoms with van der Waals surface area (Å²) in [5, 5.41) is 0. The van der Waals surface area contributed by atoms with Crippen LogP contribution in [0.4, 0.5) is 13.2 Å². The largest absolute Gasteiger partial charge is 0.460 e. The summed E-state index contributed by atoms with van der Waals surface area (Å²) in [6.45, 7) is 1.47. The standard InChI is InChI=1S/C23H18F3N5O2/c24-23(25,26)16-3-1-2-14(8-16)20-5-4-17(33-20)11-31-7-6-19-18(12-31)22(32)30-21(29-19)15-9-27-13-28-10-15/h1-5,8-10,13H,6-7,11-12H2,(H,29,30,32). The fraction of sp³-hybridized carbons (Fsp3) is 0.217. The normalized spacial score (nSPS) is 14.3. The summed E-state index contributed by atoms with van der Waals surface area (Å²) in [4.78, 5) is 30.0. The Bertz CT molecular complexity index is 1350. The fourth-order valence-corrected chi connectivity index (χ4v) is 3.86. The molecule has 168 valence electrons. The van der Waals surface area contributed by atoms with Crippen LogP contribution in [-0.2, 0) is 25.7 Å². The van der Waals surface area contributed by atoms with E-state index < -0.39 is 11.7 Å². The van der Waals surface area contributed by atoms with Gasteiger partial charge in [-0.05, 0) is 24.3 Å². The van der Waals surface area contributed by atoms with Crippen molar-refractivity contribution in [3.63, 3.8) is 0 Å². The van der Waals surface area contributed by atoms with Crippen LogP contribution >= 0.6 is 0 Å². The minimum atomic E-state index is -4.42. The number of halogens is 3. The number of nitrogens with zero attached hydrogens (tertiary/aromatic N) is 4. The predicted molar refractivity (Wildman–Crippen MR) is 113 cm³/mol. The molecular formula is C23H18F3N5O2. The topological polar surface area (TPSA) is 87.9 Å². The van der Waals surface area contributed by atoms with E-state index in [0.29, 0.717) is 60.1 Å². The fourth-order valence-electron chi connectivity index (χ4n) is 3.86. The molecule has 0 unspecified atom stereocenters. The molecule has 4 aromatic rings. The smallest absolute Gasteiger partial charge is 0.416 e. The molecule has 3 aromatic heterocycles. The number of rotatable bonds is 4. The van der Waals surface area contributed by atoms with Crippen LogP contribution in [0.25, 0.3) is 22.7 Å². The van der Waals surface area contributed by atoms with E-state index >= 15 is 0 Å². The molecule has 5 rings (SSSR count). The quantitative estimate of drug-likeness (QED) is 0.501. The zero-order valence-corrected chi connectivity index (χ0v) is 17.3. The Labute approximate surface area is 186 Å². The third kappa shape index (κ3) is 4.42. The molecule has 1 aliphatic heterocycles. The van der Waals surface area contributed by atoms with Gasteiger partial charge in [-0.2, -0.15) is 13.2 Å². The molecule has 0 amide bonds. The van der Waals surface area contributed by atoms with Gasteiger partial charge in [0.05, 0.1) is 28.9 Å². The molecule has 7 nitrogen and oxygen atoms in total. The average Bonchev–Trinajstić information content (AvgIpc) is 3.28. The Morgan fingerprint density at radius 3 is 2.70 bits per heavy atom. The van der Waals surface area contributed by atoms with Crippen LogP contribution in [0.2, 0.25) is 0 Å². The van der Waals surface area contributed by atoms with Crippen molar-refractivity contribution in [2.24, 2.45) is 0 Å². The van der Waals surface area contributed by atoms with Crippen LogP contribution < -0.4 is 5.56 Å². The molecule has 0 aliphatic carbocycles. The number of fused-ring (bicyclic) bond motifs is 1. The molecule has 0 atom stereocenters. The molecular weight excluding hydrogens is 435 g/mol. The molecule has 10 heteroatoms. The predicted octanol–water partition coefficient (Wildman–Crippen LogP) is 4.06. The molecule has 1 aromatic carbocycles. The van der Waals surface area contributed by atoms with Crippen LogP contribution in [0.1, 0.15) is 22.6 Å². The summed E-state index contributed by atoms with van der Waals surface area (Å²) >= 11 is 0. The van der Waals surface area contributed by atoms with Crippen molar-refractivity contribution < 1.29 is 17.6 Å². The van der Waals surface area contributed by atoms with Crippen LogP contribution in [0.5, 0.6) is 0 Å². The Morgan fingerprint density at radius 2 is 1.91 bits per heavy atom. The summed E-state index contributed by atoms with van der Waals surface area (Å²) in [6.07, 6.45) is 0.755. The number of nitrogens with one attached hydrogen (secondary N) is 1. The molecule has 0 saturated heterocycles. The molecule has 33 heavy (non-hydrogen) atoms. The Morgan fingerprint density at radius 1 is 1.09 bits per heavy atom. The van der Waals surface area contributed by atoms with Gasteiger partial charge in [0.15, 0.2) is 0 Å². The summed E-state index contributed by atoms with van der Waals surface area (Å²) < 4.78 is 44.8. The lowest BCUT2D eigenvalue weighted by Crippen LogP contribution is -2.35. The van der Waals surface area contributed by atoms with E-state index in [1.165, 1.54) is 12.4 Å². The van der Waals surface area contributed by atoms with Gasteiger partial charge in [-0.15, -0.1) is 0 Å². The summed E-state index contributed by atoms with van der Waals surface area (Å²) in [7, 11) is 0. The molecule has 4 heterocycles. The molecule has 1 N–H and O–H groups in total. The van der Waals surface area contributed by atoms with E-state index in [9.17, 15) is 18.0 Å². The summed E-state index contributed by atoms with van der Waals surface area (Å²) in [6, 6.07) is 8.44. The average molecular weight is 453 g/mol. The van der Waals surface area contributed by atoms with E-state index in [-0.39, 0.29) is 5.56 Å². The Hall–Kier alpha value is -3.79. The number of alkyl halides is 3. The van der Waals surface area contributed by atoms with Crippen molar-refractivity contribution in [3.05, 3.63) is 88.1 Å². The SMILES string of the molecule is O=c1[nH]c(-c2cncnc2)nc2c1CN(Cc1ccc(-c3cccc(C(F)(F)F)c3)o1)CC2. The third-order valence-corrected chi connectivity index (χ3v) is 5.50. The first kappa shape index (κ1) is 21.1. The van der Waals surface area contributed by atoms with Crippen molar-refractivity contribution >= 4 is 0 Å². The third-order valence-electron chi connectivity index (χ3n) is 5.50. The number of furan rings is 1. The zero-order chi connectivity index (χ0) is 23.0. The van der Waals surface area contributed by atoms with Crippen molar-refractivity contribution in [1.29, 1.82) is 0 Å². The van der Waals surface area contributed by atoms with Gasteiger partial charge in [-0.3, -0.25) is 9.69 Å². The Balaban J connectivity index is 1.32. The second kappa shape index (κ2) is 8.28. The number of hydrogen-bond acceptors (Lipinski definition) is 6. The van der Waals surface area contributed by atoms with Crippen molar-refractivity contribution in [3.8, 4) is 22.7 Å². The highest BCUT2D eigenvalue weighted by atomic mass is 19.4. The van der Waals surface area contributed by atoms with E-state index in [4.69, 9.17) is 4.42 Å². The highest BCUT2D eigenvalue weighted by molar-refractivity contribution is 5.59. The lowest BCUT2D eigenvalue weighted by Gasteiger charge is -2.26. The lowest BCUT2D eigenvalue weighted by molar-refractivity contribution is -0.137. The number of aromatic nitrogens is 4. The van der Waals surface area contributed by atoms with Gasteiger partial charge in [-0.25, -0.2) is 15.0 Å². The monoisotopic (exact) mass is 453 g/mol. The van der Waals surface area contributed by atoms with Crippen LogP contribution in [0, 0.1) is 0 Å². The van der Waals surface area contributed by atoms with Crippen molar-refractivity contribution in [1.82, 2.24) is 24.8 Å². The number of benzene rings is 1. The van der Waals surface area contributed by atoms with Crippen LogP contribution in [0.3, 0.4) is 0 Å². The van der Waals surface area contributed by atoms with E-state index in [1.807, 2.05) is 4.90 Å². The molecule has 0 fully saturated rings. The van der Waals surface area contributed by atoms with Gasteiger partial charge < -0.3 is 9.40 Å². The second-order valence-corrected chi connectivity index (χ2v) is 7.77. The first-order valence-electron chi connectivity index (χ1n) is 10.2. The van der Waals surface area contributed by atoms with E-state index in [1.54, 1.807) is 30.6 Å². The van der Waals surface area contributed by atoms with Crippen LogP contribution in [0.15, 0.2) is 64.3 Å². The number of H-pyrrole nitrogens is 1. The highest BCUT2D eigenvalue weighted by Gasteiger charge is 2.30. The molecule has 0 radical (unpaired) electrons. The van der Waals surface area contributed by atoms with E-state index in [0.717, 1.165) is 17.8 Å². The van der Waals surface area contributed by atoms with Gasteiger partial charge in [0.25, 0.3) is 5.56 Å². The summed E-state index contributed by atoms with van der Waals surface area (Å²) in [5.74, 6) is 1.40. The minimum Gasteiger partial charge on any atom is -0.460 e. The number of hydrogen-bond donors (Lipinski definition) is 1. The van der Waals surface area contributed by atoms with Gasteiger partial charge in [0.2, 0.25) is 0 Å². The highest BCUT2D eigenvalue weighted by Crippen LogP contribution is 2.33. The molecule has 0 bridgehead atoms. The van der Waals surface area contributed by atoms with Gasteiger partial charge in [-0.1, -0.05) is 12.1 Å². The maximum Gasteiger partial charge on any atom is 0.416 e. The van der Waals surface area contributed by atoms with Crippen molar-refractivity contribution in [2.75, 3.05) is 6.54 Å². The minimum absolute atomic E-state index is 0.215. The molecule has 1 aliphatic rings.